The number of rotatable bonds is 5. The molecule has 1 spiro atoms. The lowest BCUT2D eigenvalue weighted by atomic mass is 9.77. The zero-order valence-electron chi connectivity index (χ0n) is 25.8. The van der Waals surface area contributed by atoms with E-state index in [-0.39, 0.29) is 38.4 Å². The van der Waals surface area contributed by atoms with Crippen LogP contribution in [0.5, 0.6) is 0 Å². The van der Waals surface area contributed by atoms with Crippen molar-refractivity contribution in [3.05, 3.63) is 89.0 Å². The predicted octanol–water partition coefficient (Wildman–Crippen LogP) is 3.65. The van der Waals surface area contributed by atoms with Crippen molar-refractivity contribution in [2.75, 3.05) is 24.6 Å². The van der Waals surface area contributed by atoms with E-state index in [1.165, 1.54) is 4.90 Å². The summed E-state index contributed by atoms with van der Waals surface area (Å²) >= 11 is 6.62. The van der Waals surface area contributed by atoms with Crippen molar-refractivity contribution in [1.82, 2.24) is 10.2 Å². The molecule has 4 heterocycles. The standard InChI is InChI=1S/C35H38ClN3O7/c1-21-11-8-14-24(36)29(21)38-18-9-17-35-28(32(42)39(19-10-20-40)31(35)33(38)43)27-25(46-35)15-6-7-16-26(41)37-22(2)30(45-34(27)44)23-12-4-3-5-13-23/h3-6,8-9,11-15,17,22,25,27-28,30-31,40H,7,10,16,18-20H2,1-2H3,(H,37,41)/b15-6-/t22-,25-,27+,28+,30+,31-,35+/m0/s1. The highest BCUT2D eigenvalue weighted by atomic mass is 35.5. The van der Waals surface area contributed by atoms with E-state index in [1.54, 1.807) is 48.3 Å². The van der Waals surface area contributed by atoms with Crippen molar-refractivity contribution >= 4 is 41.0 Å². The molecule has 6 rings (SSSR count). The number of esters is 1. The molecule has 10 nitrogen and oxygen atoms in total. The zero-order valence-corrected chi connectivity index (χ0v) is 26.6. The first-order chi connectivity index (χ1) is 22.2. The van der Waals surface area contributed by atoms with Crippen molar-refractivity contribution in [3.63, 3.8) is 0 Å². The Labute approximate surface area is 273 Å². The normalized spacial score (nSPS) is 32.0. The van der Waals surface area contributed by atoms with Crippen molar-refractivity contribution < 1.29 is 33.8 Å². The molecule has 7 atom stereocenters. The number of halogens is 1. The number of nitrogens with one attached hydrogen (secondary N) is 1. The molecule has 2 saturated heterocycles. The van der Waals surface area contributed by atoms with Crippen molar-refractivity contribution in [2.45, 2.75) is 63.0 Å². The molecule has 2 aromatic rings. The maximum absolute atomic E-state index is 14.6. The lowest BCUT2D eigenvalue weighted by molar-refractivity contribution is -0.161. The number of anilines is 1. The Kier molecular flexibility index (Phi) is 9.05. The summed E-state index contributed by atoms with van der Waals surface area (Å²) in [5.41, 5.74) is 0.526. The minimum atomic E-state index is -1.49. The first kappa shape index (κ1) is 32.0. The van der Waals surface area contributed by atoms with Crippen LogP contribution in [-0.4, -0.2) is 77.2 Å². The van der Waals surface area contributed by atoms with Crippen molar-refractivity contribution in [2.24, 2.45) is 11.8 Å². The highest BCUT2D eigenvalue weighted by molar-refractivity contribution is 6.34. The number of aryl methyl sites for hydroxylation is 1. The van der Waals surface area contributed by atoms with E-state index in [4.69, 9.17) is 21.1 Å². The number of hydrogen-bond acceptors (Lipinski definition) is 7. The number of allylic oxidation sites excluding steroid dienone is 1. The number of cyclic esters (lactones) is 1. The van der Waals surface area contributed by atoms with Crippen LogP contribution < -0.4 is 10.2 Å². The van der Waals surface area contributed by atoms with E-state index in [0.29, 0.717) is 22.7 Å². The van der Waals surface area contributed by atoms with E-state index in [1.807, 2.05) is 43.3 Å². The van der Waals surface area contributed by atoms with E-state index in [0.717, 1.165) is 5.56 Å². The van der Waals surface area contributed by atoms with Crippen LogP contribution >= 0.6 is 11.6 Å². The number of aliphatic hydroxyl groups is 1. The number of fused-ring (bicyclic) bond motifs is 2. The molecule has 4 aliphatic rings. The molecule has 2 fully saturated rings. The molecule has 0 saturated carbocycles. The Morgan fingerprint density at radius 2 is 1.83 bits per heavy atom. The number of aliphatic hydroxyl groups excluding tert-OH is 1. The van der Waals surface area contributed by atoms with Crippen LogP contribution in [0.25, 0.3) is 0 Å². The Balaban J connectivity index is 1.45. The Morgan fingerprint density at radius 3 is 2.57 bits per heavy atom. The maximum Gasteiger partial charge on any atom is 0.313 e. The predicted molar refractivity (Wildman–Crippen MR) is 171 cm³/mol. The minimum Gasteiger partial charge on any atom is -0.455 e. The van der Waals surface area contributed by atoms with Gasteiger partial charge in [0.2, 0.25) is 11.8 Å². The molecule has 4 aliphatic heterocycles. The SMILES string of the molecule is Cc1cccc(Cl)c1N1CC=C[C@@]23O[C@H]4/C=C\CCC(=O)N[C@@H](C)[C@H](c5ccccc5)OC(=O)[C@H]4[C@@H]2C(=O)N(CCCO)[C@H]3C1=O. The fourth-order valence-corrected chi connectivity index (χ4v) is 7.68. The van der Waals surface area contributed by atoms with Gasteiger partial charge in [-0.1, -0.05) is 78.4 Å². The Bertz CT molecular complexity index is 1560. The second-order valence-corrected chi connectivity index (χ2v) is 12.7. The number of amides is 3. The summed E-state index contributed by atoms with van der Waals surface area (Å²) in [5.74, 6) is -3.81. The molecular weight excluding hydrogens is 610 g/mol. The van der Waals surface area contributed by atoms with Gasteiger partial charge in [0, 0.05) is 26.1 Å². The number of hydrogen-bond donors (Lipinski definition) is 2. The van der Waals surface area contributed by atoms with Gasteiger partial charge < -0.3 is 29.7 Å². The average molecular weight is 648 g/mol. The summed E-state index contributed by atoms with van der Waals surface area (Å²) in [6.45, 7) is 3.72. The van der Waals surface area contributed by atoms with Crippen LogP contribution in [0.2, 0.25) is 5.02 Å². The third kappa shape index (κ3) is 5.52. The molecule has 0 aromatic heterocycles. The van der Waals surface area contributed by atoms with Gasteiger partial charge in [-0.15, -0.1) is 0 Å². The van der Waals surface area contributed by atoms with Gasteiger partial charge in [-0.2, -0.15) is 0 Å². The van der Waals surface area contributed by atoms with Crippen LogP contribution in [0.4, 0.5) is 5.69 Å². The Hall–Kier alpha value is -3.99. The third-order valence-corrected chi connectivity index (χ3v) is 9.66. The van der Waals surface area contributed by atoms with Gasteiger partial charge in [-0.25, -0.2) is 0 Å². The first-order valence-electron chi connectivity index (χ1n) is 15.7. The lowest BCUT2D eigenvalue weighted by Crippen LogP contribution is -2.55. The molecule has 0 aliphatic carbocycles. The minimum absolute atomic E-state index is 0.0918. The van der Waals surface area contributed by atoms with E-state index in [2.05, 4.69) is 5.32 Å². The van der Waals surface area contributed by atoms with Crippen LogP contribution in [0.1, 0.15) is 43.4 Å². The summed E-state index contributed by atoms with van der Waals surface area (Å²) < 4.78 is 12.9. The van der Waals surface area contributed by atoms with Crippen LogP contribution in [-0.2, 0) is 28.7 Å². The van der Waals surface area contributed by atoms with Gasteiger partial charge in [0.25, 0.3) is 5.91 Å². The molecule has 2 aromatic carbocycles. The molecule has 242 valence electrons. The van der Waals surface area contributed by atoms with Crippen LogP contribution in [0.15, 0.2) is 72.8 Å². The van der Waals surface area contributed by atoms with Crippen molar-refractivity contribution in [1.29, 1.82) is 0 Å². The largest absolute Gasteiger partial charge is 0.455 e. The fraction of sp³-hybridized carbons (Fsp3) is 0.429. The summed E-state index contributed by atoms with van der Waals surface area (Å²) in [6.07, 6.45) is 6.12. The van der Waals surface area contributed by atoms with Crippen LogP contribution in [0.3, 0.4) is 0 Å². The summed E-state index contributed by atoms with van der Waals surface area (Å²) in [7, 11) is 0. The van der Waals surface area contributed by atoms with E-state index < -0.39 is 59.5 Å². The lowest BCUT2D eigenvalue weighted by Gasteiger charge is -2.36. The van der Waals surface area contributed by atoms with Gasteiger partial charge in [0.05, 0.1) is 28.8 Å². The zero-order chi connectivity index (χ0) is 32.6. The number of ether oxygens (including phenoxy) is 2. The third-order valence-electron chi connectivity index (χ3n) is 9.36. The average Bonchev–Trinajstić information content (AvgIpc) is 3.42. The number of benzene rings is 2. The summed E-state index contributed by atoms with van der Waals surface area (Å²) in [4.78, 5) is 59.2. The second kappa shape index (κ2) is 13.0. The molecule has 2 N–H and O–H groups in total. The maximum atomic E-state index is 14.6. The molecule has 0 bridgehead atoms. The molecule has 0 unspecified atom stereocenters. The van der Waals surface area contributed by atoms with Gasteiger partial charge in [-0.05, 0) is 43.9 Å². The van der Waals surface area contributed by atoms with Gasteiger partial charge in [0.1, 0.15) is 23.7 Å². The quantitative estimate of drug-likeness (QED) is 0.375. The van der Waals surface area contributed by atoms with E-state index >= 15 is 0 Å². The first-order valence-corrected chi connectivity index (χ1v) is 16.1. The monoisotopic (exact) mass is 647 g/mol. The topological polar surface area (TPSA) is 125 Å². The summed E-state index contributed by atoms with van der Waals surface area (Å²) in [5, 5.41) is 13.1. The van der Waals surface area contributed by atoms with Gasteiger partial charge in [-0.3, -0.25) is 19.2 Å². The number of nitrogens with zero attached hydrogens (tertiary/aromatic N) is 2. The fourth-order valence-electron chi connectivity index (χ4n) is 7.35. The van der Waals surface area contributed by atoms with E-state index in [9.17, 15) is 24.3 Å². The van der Waals surface area contributed by atoms with Gasteiger partial charge >= 0.3 is 5.97 Å². The number of para-hydroxylation sites is 1. The number of carbonyl (C=O) groups excluding carboxylic acids is 4. The molecule has 46 heavy (non-hydrogen) atoms. The Morgan fingerprint density at radius 1 is 1.04 bits per heavy atom. The van der Waals surface area contributed by atoms with Crippen molar-refractivity contribution in [3.8, 4) is 0 Å². The molecule has 3 amide bonds. The molecule has 11 heteroatoms. The number of likely N-dealkylation sites (tertiary alicyclic amines) is 1. The number of carbonyl (C=O) groups is 4. The highest BCUT2D eigenvalue weighted by Crippen LogP contribution is 2.54. The molecular formula is C35H38ClN3O7. The van der Waals surface area contributed by atoms with Gasteiger partial charge in [0.15, 0.2) is 0 Å². The smallest absolute Gasteiger partial charge is 0.313 e. The van der Waals surface area contributed by atoms with Crippen LogP contribution in [0, 0.1) is 18.8 Å². The molecule has 0 radical (unpaired) electrons. The summed E-state index contributed by atoms with van der Waals surface area (Å²) in [6, 6.07) is 12.8. The highest BCUT2D eigenvalue weighted by Gasteiger charge is 2.72. The second-order valence-electron chi connectivity index (χ2n) is 12.3.